The van der Waals surface area contributed by atoms with E-state index in [1.807, 2.05) is 0 Å². The van der Waals surface area contributed by atoms with Crippen LogP contribution in [-0.2, 0) is 4.79 Å². The number of hydrogen-bond donors (Lipinski definition) is 3. The van der Waals surface area contributed by atoms with Crippen molar-refractivity contribution in [2.75, 3.05) is 0 Å². The zero-order valence-electron chi connectivity index (χ0n) is 14.6. The third kappa shape index (κ3) is 5.44. The Balaban J connectivity index is 2.28. The van der Waals surface area contributed by atoms with Crippen molar-refractivity contribution in [3.63, 3.8) is 0 Å². The van der Waals surface area contributed by atoms with E-state index in [0.29, 0.717) is 28.3 Å². The standard InChI is InChI=1S/C19H21FN2O4/c1-11-17(8-7-15(23)9-16(24)10-18(25)26)19(22-12(2)21-11)13-3-5-14(20)6-4-13/h3-8,15-16,23-24H,9-10H2,1-2H3,(H,25,26)/b8-7+/t15-,16?/m1/s1. The molecule has 0 radical (unpaired) electrons. The second-order valence-electron chi connectivity index (χ2n) is 6.04. The molecule has 0 saturated carbocycles. The largest absolute Gasteiger partial charge is 0.481 e. The normalized spacial score (nSPS) is 13.7. The summed E-state index contributed by atoms with van der Waals surface area (Å²) < 4.78 is 13.2. The Hall–Kier alpha value is -2.64. The van der Waals surface area contributed by atoms with Crippen molar-refractivity contribution < 1.29 is 24.5 Å². The fraction of sp³-hybridized carbons (Fsp3) is 0.316. The molecule has 0 aliphatic carbocycles. The first-order valence-corrected chi connectivity index (χ1v) is 8.13. The number of aliphatic hydroxyl groups is 2. The molecule has 1 aromatic carbocycles. The van der Waals surface area contributed by atoms with Crippen molar-refractivity contribution in [3.8, 4) is 11.3 Å². The molecule has 0 saturated heterocycles. The van der Waals surface area contributed by atoms with Gasteiger partial charge in [-0.05, 0) is 38.1 Å². The molecule has 0 amide bonds. The van der Waals surface area contributed by atoms with Gasteiger partial charge in [0.25, 0.3) is 0 Å². The van der Waals surface area contributed by atoms with Crippen LogP contribution in [0.15, 0.2) is 30.3 Å². The summed E-state index contributed by atoms with van der Waals surface area (Å²) in [5.41, 5.74) is 2.66. The number of carbonyl (C=O) groups is 1. The molecule has 138 valence electrons. The Bertz CT molecular complexity index is 806. The molecular weight excluding hydrogens is 339 g/mol. The van der Waals surface area contributed by atoms with Gasteiger partial charge in [0, 0.05) is 23.2 Å². The summed E-state index contributed by atoms with van der Waals surface area (Å²) in [6.45, 7) is 3.55. The highest BCUT2D eigenvalue weighted by Gasteiger charge is 2.14. The van der Waals surface area contributed by atoms with Gasteiger partial charge in [-0.3, -0.25) is 4.79 Å². The van der Waals surface area contributed by atoms with Crippen LogP contribution >= 0.6 is 0 Å². The van der Waals surface area contributed by atoms with E-state index in [-0.39, 0.29) is 12.2 Å². The van der Waals surface area contributed by atoms with Crippen molar-refractivity contribution in [1.29, 1.82) is 0 Å². The molecule has 1 aromatic heterocycles. The summed E-state index contributed by atoms with van der Waals surface area (Å²) >= 11 is 0. The van der Waals surface area contributed by atoms with E-state index in [1.54, 1.807) is 32.1 Å². The van der Waals surface area contributed by atoms with Gasteiger partial charge < -0.3 is 15.3 Å². The van der Waals surface area contributed by atoms with Crippen molar-refractivity contribution >= 4 is 12.0 Å². The van der Waals surface area contributed by atoms with Gasteiger partial charge in [0.2, 0.25) is 0 Å². The lowest BCUT2D eigenvalue weighted by Crippen LogP contribution is -2.19. The minimum Gasteiger partial charge on any atom is -0.481 e. The lowest BCUT2D eigenvalue weighted by molar-refractivity contribution is -0.139. The molecule has 2 atom stereocenters. The van der Waals surface area contributed by atoms with Crippen LogP contribution in [0.2, 0.25) is 0 Å². The van der Waals surface area contributed by atoms with E-state index in [9.17, 15) is 19.4 Å². The SMILES string of the molecule is Cc1nc(C)c(/C=C/[C@@H](O)CC(O)CC(=O)O)c(-c2ccc(F)cc2)n1. The number of aryl methyl sites for hydroxylation is 2. The molecule has 1 unspecified atom stereocenters. The van der Waals surface area contributed by atoms with Crippen LogP contribution in [0, 0.1) is 19.7 Å². The third-order valence-electron chi connectivity index (χ3n) is 3.77. The van der Waals surface area contributed by atoms with Gasteiger partial charge in [-0.1, -0.05) is 12.2 Å². The summed E-state index contributed by atoms with van der Waals surface area (Å²) in [4.78, 5) is 19.3. The first-order valence-electron chi connectivity index (χ1n) is 8.13. The molecule has 0 aliphatic heterocycles. The molecule has 2 rings (SSSR count). The van der Waals surface area contributed by atoms with Gasteiger partial charge in [-0.15, -0.1) is 0 Å². The smallest absolute Gasteiger partial charge is 0.305 e. The molecule has 2 aromatic rings. The minimum atomic E-state index is -1.14. The number of benzene rings is 1. The van der Waals surface area contributed by atoms with Gasteiger partial charge in [-0.25, -0.2) is 14.4 Å². The zero-order valence-corrected chi connectivity index (χ0v) is 14.6. The maximum atomic E-state index is 13.2. The van der Waals surface area contributed by atoms with Crippen LogP contribution in [0.1, 0.15) is 29.9 Å². The van der Waals surface area contributed by atoms with Crippen LogP contribution < -0.4 is 0 Å². The van der Waals surface area contributed by atoms with Gasteiger partial charge in [0.05, 0.1) is 24.3 Å². The fourth-order valence-electron chi connectivity index (χ4n) is 2.60. The number of hydrogen-bond acceptors (Lipinski definition) is 5. The maximum Gasteiger partial charge on any atom is 0.305 e. The van der Waals surface area contributed by atoms with E-state index in [1.165, 1.54) is 18.2 Å². The van der Waals surface area contributed by atoms with Crippen molar-refractivity contribution in [1.82, 2.24) is 9.97 Å². The van der Waals surface area contributed by atoms with Crippen molar-refractivity contribution in [3.05, 3.63) is 53.2 Å². The predicted octanol–water partition coefficient (Wildman–Crippen LogP) is 2.50. The molecule has 6 nitrogen and oxygen atoms in total. The molecule has 0 aliphatic rings. The molecule has 1 heterocycles. The monoisotopic (exact) mass is 360 g/mol. The van der Waals surface area contributed by atoms with Crippen LogP contribution in [0.4, 0.5) is 4.39 Å². The Labute approximate surface area is 150 Å². The number of carboxylic acids is 1. The molecule has 7 heteroatoms. The summed E-state index contributed by atoms with van der Waals surface area (Å²) in [6.07, 6.45) is 0.397. The highest BCUT2D eigenvalue weighted by Crippen LogP contribution is 2.25. The predicted molar refractivity (Wildman–Crippen MR) is 94.8 cm³/mol. The average molecular weight is 360 g/mol. The first-order chi connectivity index (χ1) is 12.3. The number of aromatic nitrogens is 2. The van der Waals surface area contributed by atoms with E-state index in [0.717, 1.165) is 0 Å². The molecule has 3 N–H and O–H groups in total. The minimum absolute atomic E-state index is 0.0968. The Morgan fingerprint density at radius 1 is 1.19 bits per heavy atom. The summed E-state index contributed by atoms with van der Waals surface area (Å²) in [7, 11) is 0. The number of aliphatic carboxylic acids is 1. The quantitative estimate of drug-likeness (QED) is 0.701. The Morgan fingerprint density at radius 3 is 2.46 bits per heavy atom. The van der Waals surface area contributed by atoms with Crippen LogP contribution in [0.25, 0.3) is 17.3 Å². The molecule has 0 spiro atoms. The Kier molecular flexibility index (Phi) is 6.54. The Morgan fingerprint density at radius 2 is 1.85 bits per heavy atom. The second kappa shape index (κ2) is 8.64. The summed E-state index contributed by atoms with van der Waals surface area (Å²) in [5, 5.41) is 28.3. The number of rotatable bonds is 7. The van der Waals surface area contributed by atoms with Gasteiger partial charge in [0.15, 0.2) is 0 Å². The number of aliphatic hydroxyl groups excluding tert-OH is 2. The average Bonchev–Trinajstić information content (AvgIpc) is 2.53. The van der Waals surface area contributed by atoms with Gasteiger partial charge in [-0.2, -0.15) is 0 Å². The molecule has 0 fully saturated rings. The summed E-state index contributed by atoms with van der Waals surface area (Å²) in [6, 6.07) is 5.90. The van der Waals surface area contributed by atoms with E-state index < -0.39 is 24.6 Å². The van der Waals surface area contributed by atoms with E-state index in [2.05, 4.69) is 9.97 Å². The second-order valence-corrected chi connectivity index (χ2v) is 6.04. The topological polar surface area (TPSA) is 104 Å². The van der Waals surface area contributed by atoms with Crippen LogP contribution in [0.5, 0.6) is 0 Å². The van der Waals surface area contributed by atoms with E-state index in [4.69, 9.17) is 5.11 Å². The third-order valence-corrected chi connectivity index (χ3v) is 3.77. The lowest BCUT2D eigenvalue weighted by atomic mass is 10.0. The molecule has 26 heavy (non-hydrogen) atoms. The molecular formula is C19H21FN2O4. The number of halogens is 1. The van der Waals surface area contributed by atoms with Crippen molar-refractivity contribution in [2.45, 2.75) is 38.9 Å². The first kappa shape index (κ1) is 19.7. The lowest BCUT2D eigenvalue weighted by Gasteiger charge is -2.12. The van der Waals surface area contributed by atoms with E-state index >= 15 is 0 Å². The highest BCUT2D eigenvalue weighted by atomic mass is 19.1. The van der Waals surface area contributed by atoms with Gasteiger partial charge in [0.1, 0.15) is 11.6 Å². The zero-order chi connectivity index (χ0) is 19.3. The summed E-state index contributed by atoms with van der Waals surface area (Å²) in [5.74, 6) is -0.914. The molecule has 0 bridgehead atoms. The van der Waals surface area contributed by atoms with Gasteiger partial charge >= 0.3 is 5.97 Å². The number of carboxylic acid groups (broad SMARTS) is 1. The maximum absolute atomic E-state index is 13.2. The van der Waals surface area contributed by atoms with Crippen molar-refractivity contribution in [2.24, 2.45) is 0 Å². The number of nitrogens with zero attached hydrogens (tertiary/aromatic N) is 2. The van der Waals surface area contributed by atoms with Crippen LogP contribution in [-0.4, -0.2) is 43.5 Å². The highest BCUT2D eigenvalue weighted by molar-refractivity contribution is 5.73. The van der Waals surface area contributed by atoms with Crippen LogP contribution in [0.3, 0.4) is 0 Å². The fourth-order valence-corrected chi connectivity index (χ4v) is 2.60.